The molecular formula is C10H11N5O3. The fourth-order valence-corrected chi connectivity index (χ4v) is 2.23. The number of β-amino-alcohol motifs (C(OH)–C–C–N with tert-alkyl or cyclic N) is 1. The standard InChI is InChI=1S/C10H11N5O3/c16-6-3-7(10(17)18)15(4-6)8-9-13-12-5-14(9)2-1-11-8/h1-2,5-7,16H,3-4H2,(H,17,18). The molecule has 0 spiro atoms. The van der Waals surface area contributed by atoms with Crippen LogP contribution in [-0.4, -0.2) is 54.5 Å². The lowest BCUT2D eigenvalue weighted by molar-refractivity contribution is -0.138. The van der Waals surface area contributed by atoms with E-state index in [4.69, 9.17) is 5.11 Å². The number of carboxylic acids is 1. The summed E-state index contributed by atoms with van der Waals surface area (Å²) < 4.78 is 1.66. The van der Waals surface area contributed by atoms with Crippen molar-refractivity contribution in [3.05, 3.63) is 18.7 Å². The van der Waals surface area contributed by atoms with Gasteiger partial charge in [-0.05, 0) is 0 Å². The van der Waals surface area contributed by atoms with Gasteiger partial charge in [-0.3, -0.25) is 4.40 Å². The Morgan fingerprint density at radius 2 is 2.33 bits per heavy atom. The third-order valence-electron chi connectivity index (χ3n) is 3.03. The van der Waals surface area contributed by atoms with E-state index < -0.39 is 18.1 Å². The van der Waals surface area contributed by atoms with Crippen molar-refractivity contribution in [2.75, 3.05) is 11.4 Å². The maximum Gasteiger partial charge on any atom is 0.326 e. The highest BCUT2D eigenvalue weighted by molar-refractivity contribution is 5.81. The molecule has 2 unspecified atom stereocenters. The first kappa shape index (κ1) is 10.9. The zero-order valence-electron chi connectivity index (χ0n) is 9.34. The lowest BCUT2D eigenvalue weighted by atomic mass is 10.2. The van der Waals surface area contributed by atoms with Crippen LogP contribution < -0.4 is 4.90 Å². The van der Waals surface area contributed by atoms with Gasteiger partial charge in [0.05, 0.1) is 6.10 Å². The highest BCUT2D eigenvalue weighted by Gasteiger charge is 2.37. The monoisotopic (exact) mass is 249 g/mol. The second-order valence-corrected chi connectivity index (χ2v) is 4.21. The molecule has 3 rings (SSSR count). The zero-order valence-corrected chi connectivity index (χ0v) is 9.34. The minimum absolute atomic E-state index is 0.187. The third kappa shape index (κ3) is 1.58. The van der Waals surface area contributed by atoms with Gasteiger partial charge in [0.1, 0.15) is 12.4 Å². The molecule has 1 aliphatic rings. The van der Waals surface area contributed by atoms with Gasteiger partial charge < -0.3 is 15.1 Å². The summed E-state index contributed by atoms with van der Waals surface area (Å²) in [5.41, 5.74) is 0.484. The summed E-state index contributed by atoms with van der Waals surface area (Å²) in [7, 11) is 0. The molecule has 1 aliphatic heterocycles. The quantitative estimate of drug-likeness (QED) is 0.714. The van der Waals surface area contributed by atoms with Crippen LogP contribution in [-0.2, 0) is 4.79 Å². The van der Waals surface area contributed by atoms with E-state index in [1.807, 2.05) is 0 Å². The van der Waals surface area contributed by atoms with E-state index in [0.717, 1.165) is 0 Å². The number of anilines is 1. The number of hydrogen-bond acceptors (Lipinski definition) is 6. The average Bonchev–Trinajstić information content (AvgIpc) is 2.94. The van der Waals surface area contributed by atoms with Crippen molar-refractivity contribution in [3.8, 4) is 0 Å². The number of hydrogen-bond donors (Lipinski definition) is 2. The number of carboxylic acid groups (broad SMARTS) is 1. The van der Waals surface area contributed by atoms with Gasteiger partial charge >= 0.3 is 5.97 Å². The van der Waals surface area contributed by atoms with Gasteiger partial charge in [0.15, 0.2) is 5.82 Å². The first-order valence-electron chi connectivity index (χ1n) is 5.48. The van der Waals surface area contributed by atoms with Crippen LogP contribution in [0.1, 0.15) is 6.42 Å². The molecule has 0 aliphatic carbocycles. The van der Waals surface area contributed by atoms with Gasteiger partial charge in [-0.15, -0.1) is 10.2 Å². The number of aliphatic hydroxyl groups excluding tert-OH is 1. The number of rotatable bonds is 2. The molecule has 8 heteroatoms. The molecule has 0 radical (unpaired) electrons. The van der Waals surface area contributed by atoms with E-state index in [1.54, 1.807) is 21.7 Å². The summed E-state index contributed by atoms with van der Waals surface area (Å²) in [6.07, 6.45) is 4.27. The molecule has 0 aromatic carbocycles. The Balaban J connectivity index is 2.08. The molecule has 0 amide bonds. The molecule has 2 aromatic rings. The number of carbonyl (C=O) groups is 1. The van der Waals surface area contributed by atoms with Crippen molar-refractivity contribution in [2.45, 2.75) is 18.6 Å². The highest BCUT2D eigenvalue weighted by atomic mass is 16.4. The Kier molecular flexibility index (Phi) is 2.37. The average molecular weight is 249 g/mol. The van der Waals surface area contributed by atoms with Crippen LogP contribution in [0, 0.1) is 0 Å². The number of aliphatic hydroxyl groups is 1. The summed E-state index contributed by atoms with van der Waals surface area (Å²) in [5, 5.41) is 26.5. The predicted octanol–water partition coefficient (Wildman–Crippen LogP) is -0.852. The van der Waals surface area contributed by atoms with E-state index in [2.05, 4.69) is 15.2 Å². The molecule has 8 nitrogen and oxygen atoms in total. The fraction of sp³-hybridized carbons (Fsp3) is 0.400. The largest absolute Gasteiger partial charge is 0.480 e. The Bertz CT molecular complexity index is 598. The molecule has 1 fully saturated rings. The van der Waals surface area contributed by atoms with Gasteiger partial charge in [0, 0.05) is 25.4 Å². The number of aliphatic carboxylic acids is 1. The van der Waals surface area contributed by atoms with Crippen LogP contribution in [0.5, 0.6) is 0 Å². The summed E-state index contributed by atoms with van der Waals surface area (Å²) in [5.74, 6) is -0.547. The topological polar surface area (TPSA) is 104 Å². The second-order valence-electron chi connectivity index (χ2n) is 4.21. The predicted molar refractivity (Wildman–Crippen MR) is 60.2 cm³/mol. The number of aromatic nitrogens is 4. The van der Waals surface area contributed by atoms with E-state index in [0.29, 0.717) is 11.5 Å². The molecule has 18 heavy (non-hydrogen) atoms. The Hall–Kier alpha value is -2.22. The SMILES string of the molecule is O=C(O)C1CC(O)CN1c1nccn2cnnc12. The first-order valence-corrected chi connectivity index (χ1v) is 5.48. The van der Waals surface area contributed by atoms with Gasteiger partial charge in [-0.25, -0.2) is 9.78 Å². The lowest BCUT2D eigenvalue weighted by Gasteiger charge is -2.21. The first-order chi connectivity index (χ1) is 8.66. The smallest absolute Gasteiger partial charge is 0.326 e. The van der Waals surface area contributed by atoms with E-state index >= 15 is 0 Å². The zero-order chi connectivity index (χ0) is 12.7. The van der Waals surface area contributed by atoms with Crippen molar-refractivity contribution in [1.29, 1.82) is 0 Å². The van der Waals surface area contributed by atoms with Crippen LogP contribution in [0.25, 0.3) is 5.65 Å². The van der Waals surface area contributed by atoms with Crippen molar-refractivity contribution < 1.29 is 15.0 Å². The third-order valence-corrected chi connectivity index (χ3v) is 3.03. The normalized spacial score (nSPS) is 23.7. The highest BCUT2D eigenvalue weighted by Crippen LogP contribution is 2.26. The molecule has 2 atom stereocenters. The van der Waals surface area contributed by atoms with Gasteiger partial charge in [-0.1, -0.05) is 0 Å². The van der Waals surface area contributed by atoms with Crippen LogP contribution in [0.4, 0.5) is 5.82 Å². The van der Waals surface area contributed by atoms with Crippen LogP contribution in [0.3, 0.4) is 0 Å². The summed E-state index contributed by atoms with van der Waals surface area (Å²) in [6, 6.07) is -0.782. The summed E-state index contributed by atoms with van der Waals surface area (Å²) in [6.45, 7) is 0.233. The molecule has 3 heterocycles. The minimum Gasteiger partial charge on any atom is -0.480 e. The molecule has 2 aromatic heterocycles. The Morgan fingerprint density at radius 1 is 1.50 bits per heavy atom. The molecule has 94 valence electrons. The van der Waals surface area contributed by atoms with Gasteiger partial charge in [0.25, 0.3) is 0 Å². The van der Waals surface area contributed by atoms with Crippen LogP contribution in [0.2, 0.25) is 0 Å². The van der Waals surface area contributed by atoms with E-state index in [-0.39, 0.29) is 13.0 Å². The molecule has 1 saturated heterocycles. The molecule has 0 saturated carbocycles. The van der Waals surface area contributed by atoms with Crippen molar-refractivity contribution in [1.82, 2.24) is 19.6 Å². The number of fused-ring (bicyclic) bond motifs is 1. The maximum atomic E-state index is 11.2. The van der Waals surface area contributed by atoms with E-state index in [1.165, 1.54) is 6.33 Å². The second kappa shape index (κ2) is 3.91. The fourth-order valence-electron chi connectivity index (χ4n) is 2.23. The Morgan fingerprint density at radius 3 is 3.11 bits per heavy atom. The maximum absolute atomic E-state index is 11.2. The van der Waals surface area contributed by atoms with Gasteiger partial charge in [0.2, 0.25) is 5.65 Å². The van der Waals surface area contributed by atoms with E-state index in [9.17, 15) is 9.90 Å². The number of nitrogens with zero attached hydrogens (tertiary/aromatic N) is 5. The summed E-state index contributed by atoms with van der Waals surface area (Å²) >= 11 is 0. The van der Waals surface area contributed by atoms with Crippen molar-refractivity contribution in [3.63, 3.8) is 0 Å². The lowest BCUT2D eigenvalue weighted by Crippen LogP contribution is -2.36. The molecular weight excluding hydrogens is 238 g/mol. The van der Waals surface area contributed by atoms with Crippen molar-refractivity contribution in [2.24, 2.45) is 0 Å². The minimum atomic E-state index is -0.977. The van der Waals surface area contributed by atoms with Crippen LogP contribution in [0.15, 0.2) is 18.7 Å². The summed E-state index contributed by atoms with van der Waals surface area (Å²) in [4.78, 5) is 16.9. The van der Waals surface area contributed by atoms with Gasteiger partial charge in [-0.2, -0.15) is 0 Å². The molecule has 2 N–H and O–H groups in total. The Labute approximate surface area is 102 Å². The van der Waals surface area contributed by atoms with Crippen LogP contribution >= 0.6 is 0 Å². The molecule has 0 bridgehead atoms. The van der Waals surface area contributed by atoms with Crippen molar-refractivity contribution >= 4 is 17.4 Å².